The van der Waals surface area contributed by atoms with E-state index < -0.39 is 0 Å². The lowest BCUT2D eigenvalue weighted by molar-refractivity contribution is -0.119. The Morgan fingerprint density at radius 2 is 1.75 bits per heavy atom. The predicted molar refractivity (Wildman–Crippen MR) is 90.3 cm³/mol. The lowest BCUT2D eigenvalue weighted by Crippen LogP contribution is -2.48. The third-order valence-electron chi connectivity index (χ3n) is 3.75. The average molecular weight is 346 g/mol. The number of rotatable bonds is 4. The van der Waals surface area contributed by atoms with E-state index in [1.165, 1.54) is 0 Å². The zero-order chi connectivity index (χ0) is 16.9. The molecule has 1 saturated heterocycles. The molecule has 2 amide bonds. The summed E-state index contributed by atoms with van der Waals surface area (Å²) in [4.78, 5) is 26.4. The van der Waals surface area contributed by atoms with Gasteiger partial charge < -0.3 is 15.1 Å². The number of nitrogens with one attached hydrogen (secondary N) is 1. The molecule has 0 radical (unpaired) electrons. The first-order chi connectivity index (χ1) is 11.7. The molecule has 1 aromatic heterocycles. The van der Waals surface area contributed by atoms with Crippen LogP contribution >= 0.6 is 11.6 Å². The molecule has 2 aromatic rings. The van der Waals surface area contributed by atoms with Gasteiger partial charge in [-0.1, -0.05) is 11.6 Å². The maximum atomic E-state index is 12.4. The van der Waals surface area contributed by atoms with Crippen molar-refractivity contribution >= 4 is 35.4 Å². The van der Waals surface area contributed by atoms with Gasteiger partial charge in [0.25, 0.3) is 5.91 Å². The van der Waals surface area contributed by atoms with Crippen LogP contribution in [0.4, 0.5) is 11.5 Å². The molecule has 1 aliphatic rings. The number of nitrogens with zero attached hydrogens (tertiary/aromatic N) is 4. The van der Waals surface area contributed by atoms with Crippen molar-refractivity contribution in [3.05, 3.63) is 47.1 Å². The van der Waals surface area contributed by atoms with Gasteiger partial charge in [0.2, 0.25) is 6.41 Å². The second kappa shape index (κ2) is 7.27. The van der Waals surface area contributed by atoms with Crippen LogP contribution in [-0.4, -0.2) is 58.5 Å². The zero-order valence-corrected chi connectivity index (χ0v) is 13.6. The number of hydrogen-bond acceptors (Lipinski definition) is 5. The van der Waals surface area contributed by atoms with Gasteiger partial charge in [-0.3, -0.25) is 9.59 Å². The molecule has 0 aliphatic carbocycles. The van der Waals surface area contributed by atoms with Crippen molar-refractivity contribution in [1.29, 1.82) is 0 Å². The molecule has 3 rings (SSSR count). The third kappa shape index (κ3) is 3.80. The molecule has 1 aliphatic heterocycles. The fourth-order valence-corrected chi connectivity index (χ4v) is 2.51. The van der Waals surface area contributed by atoms with Crippen LogP contribution in [0.1, 0.15) is 10.5 Å². The van der Waals surface area contributed by atoms with E-state index in [2.05, 4.69) is 15.5 Å². The van der Waals surface area contributed by atoms with Gasteiger partial charge in [-0.15, -0.1) is 10.2 Å². The molecule has 1 N–H and O–H groups in total. The van der Waals surface area contributed by atoms with Crippen LogP contribution < -0.4 is 5.32 Å². The smallest absolute Gasteiger partial charge is 0.274 e. The first kappa shape index (κ1) is 16.2. The van der Waals surface area contributed by atoms with Crippen LogP contribution in [0.5, 0.6) is 0 Å². The number of carbonyl (C=O) groups excluding carboxylic acids is 2. The van der Waals surface area contributed by atoms with Crippen LogP contribution in [-0.2, 0) is 4.79 Å². The average Bonchev–Trinajstić information content (AvgIpc) is 2.64. The molecule has 0 atom stereocenters. The highest BCUT2D eigenvalue weighted by Gasteiger charge is 2.22. The van der Waals surface area contributed by atoms with Gasteiger partial charge in [0.1, 0.15) is 0 Å². The highest BCUT2D eigenvalue weighted by molar-refractivity contribution is 6.30. The van der Waals surface area contributed by atoms with E-state index in [0.717, 1.165) is 12.1 Å². The van der Waals surface area contributed by atoms with Gasteiger partial charge in [0, 0.05) is 36.9 Å². The Labute approximate surface area is 144 Å². The minimum Gasteiger partial charge on any atom is -0.342 e. The lowest BCUT2D eigenvalue weighted by atomic mass is 10.2. The number of piperazine rings is 1. The molecule has 8 heteroatoms. The van der Waals surface area contributed by atoms with Crippen molar-refractivity contribution in [2.75, 3.05) is 31.5 Å². The van der Waals surface area contributed by atoms with E-state index in [1.807, 2.05) is 12.1 Å². The summed E-state index contributed by atoms with van der Waals surface area (Å²) in [5.41, 5.74) is 1.12. The van der Waals surface area contributed by atoms with E-state index in [9.17, 15) is 9.59 Å². The number of carbonyl (C=O) groups is 2. The summed E-state index contributed by atoms with van der Waals surface area (Å²) in [6.07, 6.45) is 0.804. The van der Waals surface area contributed by atoms with E-state index in [4.69, 9.17) is 11.6 Å². The largest absolute Gasteiger partial charge is 0.342 e. The van der Waals surface area contributed by atoms with Crippen LogP contribution in [0.15, 0.2) is 36.4 Å². The van der Waals surface area contributed by atoms with Crippen molar-refractivity contribution in [2.45, 2.75) is 0 Å². The van der Waals surface area contributed by atoms with Crippen LogP contribution in [0, 0.1) is 0 Å². The highest BCUT2D eigenvalue weighted by atomic mass is 35.5. The number of halogens is 1. The summed E-state index contributed by atoms with van der Waals surface area (Å²) >= 11 is 5.84. The number of benzene rings is 1. The maximum Gasteiger partial charge on any atom is 0.274 e. The summed E-state index contributed by atoms with van der Waals surface area (Å²) < 4.78 is 0. The Morgan fingerprint density at radius 1 is 1.04 bits per heavy atom. The summed E-state index contributed by atoms with van der Waals surface area (Å²) in [5, 5.41) is 11.8. The molecule has 7 nitrogen and oxygen atoms in total. The summed E-state index contributed by atoms with van der Waals surface area (Å²) in [7, 11) is 0. The van der Waals surface area contributed by atoms with Crippen LogP contribution in [0.2, 0.25) is 5.02 Å². The normalized spacial score (nSPS) is 14.4. The van der Waals surface area contributed by atoms with Gasteiger partial charge >= 0.3 is 0 Å². The van der Waals surface area contributed by atoms with Gasteiger partial charge in [-0.25, -0.2) is 0 Å². The van der Waals surface area contributed by atoms with Crippen molar-refractivity contribution in [3.8, 4) is 0 Å². The fourth-order valence-electron chi connectivity index (χ4n) is 2.39. The molecule has 1 aromatic carbocycles. The third-order valence-corrected chi connectivity index (χ3v) is 4.00. The molecule has 0 unspecified atom stereocenters. The molecule has 0 spiro atoms. The molecule has 2 heterocycles. The van der Waals surface area contributed by atoms with Crippen molar-refractivity contribution in [2.24, 2.45) is 0 Å². The minimum atomic E-state index is -0.175. The van der Waals surface area contributed by atoms with E-state index in [-0.39, 0.29) is 11.6 Å². The molecule has 0 bridgehead atoms. The first-order valence-corrected chi connectivity index (χ1v) is 7.88. The van der Waals surface area contributed by atoms with E-state index in [0.29, 0.717) is 37.0 Å². The molecular weight excluding hydrogens is 330 g/mol. The maximum absolute atomic E-state index is 12.4. The standard InChI is InChI=1S/C16H16ClN5O2/c17-12-1-3-13(4-2-12)18-15-6-5-14(19-20-15)16(24)22-9-7-21(11-23)8-10-22/h1-6,11H,7-10H2,(H,18,20). The Morgan fingerprint density at radius 3 is 2.33 bits per heavy atom. The lowest BCUT2D eigenvalue weighted by Gasteiger charge is -2.32. The summed E-state index contributed by atoms with van der Waals surface area (Å²) in [5.74, 6) is 0.366. The first-order valence-electron chi connectivity index (χ1n) is 7.50. The zero-order valence-electron chi connectivity index (χ0n) is 12.9. The fraction of sp³-hybridized carbons (Fsp3) is 0.250. The molecule has 0 saturated carbocycles. The Bertz CT molecular complexity index is 712. The van der Waals surface area contributed by atoms with Gasteiger partial charge in [0.05, 0.1) is 0 Å². The minimum absolute atomic E-state index is 0.175. The van der Waals surface area contributed by atoms with E-state index in [1.54, 1.807) is 34.1 Å². The van der Waals surface area contributed by atoms with Gasteiger partial charge in [-0.2, -0.15) is 0 Å². The molecule has 1 fully saturated rings. The topological polar surface area (TPSA) is 78.4 Å². The van der Waals surface area contributed by atoms with Crippen LogP contribution in [0.3, 0.4) is 0 Å². The Kier molecular flexibility index (Phi) is 4.90. The van der Waals surface area contributed by atoms with E-state index >= 15 is 0 Å². The number of amides is 2. The van der Waals surface area contributed by atoms with Crippen molar-refractivity contribution < 1.29 is 9.59 Å². The Balaban J connectivity index is 1.62. The number of hydrogen-bond donors (Lipinski definition) is 1. The van der Waals surface area contributed by atoms with Crippen molar-refractivity contribution in [1.82, 2.24) is 20.0 Å². The summed E-state index contributed by atoms with van der Waals surface area (Å²) in [6, 6.07) is 10.5. The molecule has 24 heavy (non-hydrogen) atoms. The molecule has 124 valence electrons. The van der Waals surface area contributed by atoms with Gasteiger partial charge in [0.15, 0.2) is 11.5 Å². The second-order valence-electron chi connectivity index (χ2n) is 5.37. The highest BCUT2D eigenvalue weighted by Crippen LogP contribution is 2.17. The monoisotopic (exact) mass is 345 g/mol. The van der Waals surface area contributed by atoms with Crippen molar-refractivity contribution in [3.63, 3.8) is 0 Å². The number of anilines is 2. The van der Waals surface area contributed by atoms with Gasteiger partial charge in [-0.05, 0) is 36.4 Å². The second-order valence-corrected chi connectivity index (χ2v) is 5.81. The Hall–Kier alpha value is -2.67. The quantitative estimate of drug-likeness (QED) is 0.855. The van der Waals surface area contributed by atoms with Crippen LogP contribution in [0.25, 0.3) is 0 Å². The predicted octanol–water partition coefficient (Wildman–Crippen LogP) is 1.79. The number of aromatic nitrogens is 2. The SMILES string of the molecule is O=CN1CCN(C(=O)c2ccc(Nc3ccc(Cl)cc3)nn2)CC1. The summed E-state index contributed by atoms with van der Waals surface area (Å²) in [6.45, 7) is 2.09. The molecular formula is C16H16ClN5O2.